The highest BCUT2D eigenvalue weighted by Gasteiger charge is 2.32. The number of aryl methyl sites for hydroxylation is 3. The van der Waals surface area contributed by atoms with E-state index in [0.29, 0.717) is 13.0 Å². The Hall–Kier alpha value is -2.70. The Morgan fingerprint density at radius 1 is 1.31 bits per heavy atom. The van der Waals surface area contributed by atoms with Crippen LogP contribution in [0.5, 0.6) is 0 Å². The number of benzene rings is 1. The predicted molar refractivity (Wildman–Crippen MR) is 98.5 cm³/mol. The number of likely N-dealkylation sites (tertiary alicyclic amines) is 1. The number of rotatable bonds is 5. The Morgan fingerprint density at radius 3 is 2.92 bits per heavy atom. The number of fused-ring (bicyclic) bond motifs is 1. The lowest BCUT2D eigenvalue weighted by molar-refractivity contribution is -0.132. The molecule has 1 saturated heterocycles. The molecule has 3 heterocycles. The van der Waals surface area contributed by atoms with Gasteiger partial charge in [0.25, 0.3) is 0 Å². The molecule has 1 aliphatic heterocycles. The smallest absolute Gasteiger partial charge is 0.224 e. The number of aromatic nitrogens is 5. The van der Waals surface area contributed by atoms with Gasteiger partial charge < -0.3 is 9.47 Å². The minimum atomic E-state index is -0.00220. The van der Waals surface area contributed by atoms with Gasteiger partial charge in [-0.15, -0.1) is 0 Å². The Labute approximate surface area is 152 Å². The van der Waals surface area contributed by atoms with E-state index in [1.807, 2.05) is 30.0 Å². The Balaban J connectivity index is 1.50. The Bertz CT molecular complexity index is 927. The van der Waals surface area contributed by atoms with Crippen molar-refractivity contribution in [2.75, 3.05) is 6.54 Å². The van der Waals surface area contributed by atoms with Crippen LogP contribution in [0.15, 0.2) is 24.3 Å². The molecule has 3 aromatic rings. The van der Waals surface area contributed by atoms with Crippen LogP contribution in [0.1, 0.15) is 49.7 Å². The van der Waals surface area contributed by atoms with Gasteiger partial charge in [-0.3, -0.25) is 9.89 Å². The van der Waals surface area contributed by atoms with E-state index in [1.54, 1.807) is 0 Å². The van der Waals surface area contributed by atoms with Gasteiger partial charge in [-0.1, -0.05) is 19.1 Å². The van der Waals surface area contributed by atoms with Crippen LogP contribution in [0.3, 0.4) is 0 Å². The fourth-order valence-corrected chi connectivity index (χ4v) is 3.84. The van der Waals surface area contributed by atoms with Crippen LogP contribution in [0.25, 0.3) is 11.0 Å². The van der Waals surface area contributed by atoms with E-state index in [4.69, 9.17) is 0 Å². The van der Waals surface area contributed by atoms with E-state index in [9.17, 15) is 4.79 Å². The summed E-state index contributed by atoms with van der Waals surface area (Å²) in [5.74, 6) is 2.71. The molecular formula is C19H24N6O. The second-order valence-corrected chi connectivity index (χ2v) is 6.80. The summed E-state index contributed by atoms with van der Waals surface area (Å²) in [6.07, 6.45) is 3.24. The van der Waals surface area contributed by atoms with Gasteiger partial charge in [0.05, 0.1) is 17.1 Å². The van der Waals surface area contributed by atoms with Gasteiger partial charge in [0, 0.05) is 25.9 Å². The predicted octanol–water partition coefficient (Wildman–Crippen LogP) is 2.78. The molecule has 0 aliphatic carbocycles. The van der Waals surface area contributed by atoms with Crippen molar-refractivity contribution in [2.24, 2.45) is 0 Å². The van der Waals surface area contributed by atoms with Crippen LogP contribution in [0.4, 0.5) is 0 Å². The maximum Gasteiger partial charge on any atom is 0.224 e. The number of imidazole rings is 1. The first-order valence-corrected chi connectivity index (χ1v) is 9.30. The number of hydrogen-bond donors (Lipinski definition) is 1. The van der Waals surface area contributed by atoms with E-state index < -0.39 is 0 Å². The van der Waals surface area contributed by atoms with Gasteiger partial charge >= 0.3 is 0 Å². The van der Waals surface area contributed by atoms with Crippen LogP contribution in [-0.4, -0.2) is 42.1 Å². The quantitative estimate of drug-likeness (QED) is 0.766. The molecule has 26 heavy (non-hydrogen) atoms. The molecule has 7 heteroatoms. The van der Waals surface area contributed by atoms with Crippen molar-refractivity contribution in [1.82, 2.24) is 29.6 Å². The number of H-pyrrole nitrogens is 1. The largest absolute Gasteiger partial charge is 0.332 e. The van der Waals surface area contributed by atoms with Crippen molar-refractivity contribution in [3.8, 4) is 0 Å². The third-order valence-electron chi connectivity index (χ3n) is 5.08. The lowest BCUT2D eigenvalue weighted by atomic mass is 10.2. The van der Waals surface area contributed by atoms with Crippen molar-refractivity contribution in [3.63, 3.8) is 0 Å². The van der Waals surface area contributed by atoms with E-state index in [2.05, 4.69) is 37.7 Å². The zero-order valence-electron chi connectivity index (χ0n) is 15.3. The first-order valence-electron chi connectivity index (χ1n) is 9.30. The first-order chi connectivity index (χ1) is 12.7. The minimum Gasteiger partial charge on any atom is -0.332 e. The average molecular weight is 352 g/mol. The van der Waals surface area contributed by atoms with Crippen molar-refractivity contribution in [3.05, 3.63) is 41.7 Å². The summed E-state index contributed by atoms with van der Waals surface area (Å²) in [5, 5.41) is 7.15. The molecule has 7 nitrogen and oxygen atoms in total. The zero-order chi connectivity index (χ0) is 18.1. The van der Waals surface area contributed by atoms with Crippen LogP contribution >= 0.6 is 0 Å². The summed E-state index contributed by atoms with van der Waals surface area (Å²) >= 11 is 0. The number of amides is 1. The molecule has 4 rings (SSSR count). The van der Waals surface area contributed by atoms with Crippen molar-refractivity contribution in [1.29, 1.82) is 0 Å². The van der Waals surface area contributed by atoms with Gasteiger partial charge in [-0.2, -0.15) is 5.10 Å². The van der Waals surface area contributed by atoms with Crippen LogP contribution in [0.2, 0.25) is 0 Å². The highest BCUT2D eigenvalue weighted by Crippen LogP contribution is 2.30. The zero-order valence-corrected chi connectivity index (χ0v) is 15.3. The number of para-hydroxylation sites is 2. The molecule has 2 aromatic heterocycles. The molecular weight excluding hydrogens is 328 g/mol. The number of carbonyl (C=O) groups is 1. The van der Waals surface area contributed by atoms with E-state index in [1.165, 1.54) is 0 Å². The topological polar surface area (TPSA) is 79.7 Å². The van der Waals surface area contributed by atoms with Crippen molar-refractivity contribution < 1.29 is 4.79 Å². The minimum absolute atomic E-state index is 0.00220. The number of aromatic amines is 1. The Kier molecular flexibility index (Phi) is 4.44. The molecule has 1 fully saturated rings. The average Bonchev–Trinajstić information content (AvgIpc) is 3.37. The lowest BCUT2D eigenvalue weighted by Gasteiger charge is -2.23. The van der Waals surface area contributed by atoms with Gasteiger partial charge in [-0.05, 0) is 31.9 Å². The normalized spacial score (nSPS) is 17.3. The summed E-state index contributed by atoms with van der Waals surface area (Å²) in [6, 6.07) is 8.11. The summed E-state index contributed by atoms with van der Waals surface area (Å²) in [5.41, 5.74) is 2.09. The van der Waals surface area contributed by atoms with Crippen LogP contribution in [-0.2, 0) is 17.8 Å². The van der Waals surface area contributed by atoms with Crippen molar-refractivity contribution in [2.45, 2.75) is 52.1 Å². The van der Waals surface area contributed by atoms with E-state index in [-0.39, 0.29) is 11.9 Å². The number of hydrogen-bond acceptors (Lipinski definition) is 4. The van der Waals surface area contributed by atoms with Gasteiger partial charge in [0.2, 0.25) is 5.91 Å². The molecule has 1 amide bonds. The molecule has 0 bridgehead atoms. The lowest BCUT2D eigenvalue weighted by Crippen LogP contribution is -2.31. The van der Waals surface area contributed by atoms with Crippen molar-refractivity contribution >= 4 is 16.9 Å². The molecule has 0 unspecified atom stereocenters. The molecule has 0 radical (unpaired) electrons. The fourth-order valence-electron chi connectivity index (χ4n) is 3.84. The van der Waals surface area contributed by atoms with E-state index >= 15 is 0 Å². The molecule has 1 N–H and O–H groups in total. The summed E-state index contributed by atoms with van der Waals surface area (Å²) < 4.78 is 2.18. The summed E-state index contributed by atoms with van der Waals surface area (Å²) in [6.45, 7) is 5.41. The molecule has 1 aromatic carbocycles. The monoisotopic (exact) mass is 352 g/mol. The third-order valence-corrected chi connectivity index (χ3v) is 5.08. The number of carbonyl (C=O) groups excluding carboxylic acids is 1. The maximum absolute atomic E-state index is 12.9. The van der Waals surface area contributed by atoms with Crippen LogP contribution < -0.4 is 0 Å². The fraction of sp³-hybridized carbons (Fsp3) is 0.474. The highest BCUT2D eigenvalue weighted by atomic mass is 16.2. The number of nitrogens with zero attached hydrogens (tertiary/aromatic N) is 5. The summed E-state index contributed by atoms with van der Waals surface area (Å²) in [4.78, 5) is 23.9. The Morgan fingerprint density at radius 2 is 2.15 bits per heavy atom. The highest BCUT2D eigenvalue weighted by molar-refractivity contribution is 5.78. The molecule has 0 spiro atoms. The standard InChI is InChI=1S/C19H24N6O/c1-3-17-21-14-7-4-5-8-15(14)24(17)12-10-18(26)25-11-6-9-16(25)19-20-13(2)22-23-19/h4-5,7-8,16H,3,6,9-12H2,1-2H3,(H,20,22,23)/t16-/m1/s1. The molecule has 1 atom stereocenters. The molecule has 0 saturated carbocycles. The summed E-state index contributed by atoms with van der Waals surface area (Å²) in [7, 11) is 0. The van der Waals surface area contributed by atoms with Gasteiger partial charge in [0.1, 0.15) is 11.6 Å². The molecule has 136 valence electrons. The first kappa shape index (κ1) is 16.8. The third kappa shape index (κ3) is 2.98. The van der Waals surface area contributed by atoms with E-state index in [0.717, 1.165) is 54.3 Å². The second-order valence-electron chi connectivity index (χ2n) is 6.80. The van der Waals surface area contributed by atoms with Gasteiger partial charge in [-0.25, -0.2) is 9.97 Å². The number of nitrogens with one attached hydrogen (secondary N) is 1. The SMILES string of the molecule is CCc1nc2ccccc2n1CCC(=O)N1CCC[C@@H]1c1n[nH]c(C)n1. The van der Waals surface area contributed by atoms with Crippen LogP contribution in [0, 0.1) is 6.92 Å². The second kappa shape index (κ2) is 6.90. The molecule has 1 aliphatic rings. The maximum atomic E-state index is 12.9. The van der Waals surface area contributed by atoms with Gasteiger partial charge in [0.15, 0.2) is 5.82 Å².